The van der Waals surface area contributed by atoms with Gasteiger partial charge in [0.1, 0.15) is 0 Å². The standard InChI is InChI=1S/C20H22F2N4O2S/c1-12-10-14(29(27,28)26-9-3-8-20(21,22)11-26)4-5-15(12)16-6-7-17-18(13(16)2)19(23)25-24-17/h4-7,10H,3,8-9,11H2,1-2H3,(H3,23,24,25). The van der Waals surface area contributed by atoms with Gasteiger partial charge in [-0.2, -0.15) is 9.40 Å². The number of nitrogen functional groups attached to an aromatic ring is 1. The van der Waals surface area contributed by atoms with Gasteiger partial charge in [0.15, 0.2) is 5.82 Å². The van der Waals surface area contributed by atoms with Crippen molar-refractivity contribution in [1.29, 1.82) is 0 Å². The third kappa shape index (κ3) is 3.38. The first-order valence-corrected chi connectivity index (χ1v) is 10.8. The van der Waals surface area contributed by atoms with Crippen LogP contribution in [-0.2, 0) is 10.0 Å². The van der Waals surface area contributed by atoms with Gasteiger partial charge < -0.3 is 5.73 Å². The number of fused-ring (bicyclic) bond motifs is 1. The molecule has 2 aromatic carbocycles. The Morgan fingerprint density at radius 3 is 2.59 bits per heavy atom. The number of hydrogen-bond donors (Lipinski definition) is 2. The number of anilines is 1. The Labute approximate surface area is 167 Å². The number of aryl methyl sites for hydroxylation is 2. The van der Waals surface area contributed by atoms with Crippen molar-refractivity contribution < 1.29 is 17.2 Å². The fourth-order valence-corrected chi connectivity index (χ4v) is 5.58. The highest BCUT2D eigenvalue weighted by atomic mass is 32.2. The predicted molar refractivity (Wildman–Crippen MR) is 108 cm³/mol. The summed E-state index contributed by atoms with van der Waals surface area (Å²) in [5.74, 6) is -2.58. The number of aromatic amines is 1. The van der Waals surface area contributed by atoms with Gasteiger partial charge in [0.25, 0.3) is 5.92 Å². The number of nitrogens with one attached hydrogen (secondary N) is 1. The van der Waals surface area contributed by atoms with Crippen molar-refractivity contribution in [3.63, 3.8) is 0 Å². The van der Waals surface area contributed by atoms with Crippen LogP contribution in [0.2, 0.25) is 0 Å². The van der Waals surface area contributed by atoms with Crippen LogP contribution in [0.25, 0.3) is 22.0 Å². The van der Waals surface area contributed by atoms with Crippen molar-refractivity contribution in [2.24, 2.45) is 0 Å². The van der Waals surface area contributed by atoms with Crippen LogP contribution < -0.4 is 5.73 Å². The van der Waals surface area contributed by atoms with E-state index in [1.807, 2.05) is 26.0 Å². The minimum Gasteiger partial charge on any atom is -0.382 e. The molecular formula is C20H22F2N4O2S. The topological polar surface area (TPSA) is 92.1 Å². The third-order valence-corrected chi connectivity index (χ3v) is 7.34. The summed E-state index contributed by atoms with van der Waals surface area (Å²) in [7, 11) is -3.98. The normalized spacial score (nSPS) is 17.7. The molecule has 4 rings (SSSR count). The fourth-order valence-electron chi connectivity index (χ4n) is 3.99. The summed E-state index contributed by atoms with van der Waals surface area (Å²) in [5.41, 5.74) is 10.2. The Morgan fingerprint density at radius 1 is 1.17 bits per heavy atom. The maximum atomic E-state index is 13.7. The van der Waals surface area contributed by atoms with Gasteiger partial charge in [0, 0.05) is 18.4 Å². The molecule has 0 spiro atoms. The zero-order valence-corrected chi connectivity index (χ0v) is 17.0. The molecule has 1 aliphatic heterocycles. The summed E-state index contributed by atoms with van der Waals surface area (Å²) in [6, 6.07) is 8.54. The number of piperidine rings is 1. The monoisotopic (exact) mass is 420 g/mol. The quantitative estimate of drug-likeness (QED) is 0.673. The number of sulfonamides is 1. The molecule has 0 atom stereocenters. The Bertz CT molecular complexity index is 1200. The largest absolute Gasteiger partial charge is 0.382 e. The first-order chi connectivity index (χ1) is 13.6. The van der Waals surface area contributed by atoms with Crippen LogP contribution in [0.4, 0.5) is 14.6 Å². The summed E-state index contributed by atoms with van der Waals surface area (Å²) < 4.78 is 54.1. The highest BCUT2D eigenvalue weighted by Gasteiger charge is 2.40. The molecule has 0 aliphatic carbocycles. The zero-order chi connectivity index (χ0) is 21.0. The Balaban J connectivity index is 1.74. The molecule has 0 saturated carbocycles. The Hall–Kier alpha value is -2.52. The molecular weight excluding hydrogens is 398 g/mol. The van der Waals surface area contributed by atoms with Crippen molar-refractivity contribution >= 4 is 26.7 Å². The molecule has 0 bridgehead atoms. The second kappa shape index (κ2) is 6.77. The predicted octanol–water partition coefficient (Wildman–Crippen LogP) is 3.85. The molecule has 0 amide bonds. The molecule has 3 N–H and O–H groups in total. The Morgan fingerprint density at radius 2 is 1.90 bits per heavy atom. The van der Waals surface area contributed by atoms with Crippen LogP contribution in [0, 0.1) is 13.8 Å². The summed E-state index contributed by atoms with van der Waals surface area (Å²) in [5, 5.41) is 7.73. The van der Waals surface area contributed by atoms with Gasteiger partial charge in [-0.3, -0.25) is 5.10 Å². The van der Waals surface area contributed by atoms with Crippen molar-refractivity contribution in [2.75, 3.05) is 18.8 Å². The number of nitrogens with zero attached hydrogens (tertiary/aromatic N) is 2. The summed E-state index contributed by atoms with van der Waals surface area (Å²) >= 11 is 0. The smallest absolute Gasteiger partial charge is 0.261 e. The van der Waals surface area contributed by atoms with Crippen molar-refractivity contribution in [2.45, 2.75) is 37.5 Å². The van der Waals surface area contributed by atoms with E-state index in [0.29, 0.717) is 5.82 Å². The summed E-state index contributed by atoms with van der Waals surface area (Å²) in [6.07, 6.45) is -0.134. The van der Waals surface area contributed by atoms with E-state index in [9.17, 15) is 17.2 Å². The van der Waals surface area contributed by atoms with Gasteiger partial charge >= 0.3 is 0 Å². The summed E-state index contributed by atoms with van der Waals surface area (Å²) in [4.78, 5) is 0.0259. The number of aromatic nitrogens is 2. The van der Waals surface area contributed by atoms with Gasteiger partial charge in [-0.15, -0.1) is 0 Å². The number of nitrogens with two attached hydrogens (primary N) is 1. The van der Waals surface area contributed by atoms with Gasteiger partial charge in [0.05, 0.1) is 17.0 Å². The fraction of sp³-hybridized carbons (Fsp3) is 0.350. The maximum Gasteiger partial charge on any atom is 0.261 e. The van der Waals surface area contributed by atoms with E-state index in [4.69, 9.17) is 5.73 Å². The molecule has 2 heterocycles. The molecule has 1 aliphatic rings. The second-order valence-electron chi connectivity index (χ2n) is 7.54. The highest BCUT2D eigenvalue weighted by Crippen LogP contribution is 2.35. The van der Waals surface area contributed by atoms with Gasteiger partial charge in [-0.25, -0.2) is 17.2 Å². The molecule has 0 unspecified atom stereocenters. The van der Waals surface area contributed by atoms with Crippen molar-refractivity contribution in [1.82, 2.24) is 14.5 Å². The van der Waals surface area contributed by atoms with E-state index >= 15 is 0 Å². The Kier molecular flexibility index (Phi) is 4.62. The van der Waals surface area contributed by atoms with Crippen LogP contribution in [0.3, 0.4) is 0 Å². The molecule has 1 fully saturated rings. The summed E-state index contributed by atoms with van der Waals surface area (Å²) in [6.45, 7) is 3.07. The van der Waals surface area contributed by atoms with E-state index < -0.39 is 22.5 Å². The molecule has 1 aromatic heterocycles. The molecule has 6 nitrogen and oxygen atoms in total. The third-order valence-electron chi connectivity index (χ3n) is 5.50. The van der Waals surface area contributed by atoms with Crippen LogP contribution in [-0.4, -0.2) is 41.9 Å². The van der Waals surface area contributed by atoms with Gasteiger partial charge in [0.2, 0.25) is 10.0 Å². The lowest BCUT2D eigenvalue weighted by atomic mass is 9.94. The number of alkyl halides is 2. The lowest BCUT2D eigenvalue weighted by molar-refractivity contribution is -0.0434. The zero-order valence-electron chi connectivity index (χ0n) is 16.2. The number of H-pyrrole nitrogens is 1. The van der Waals surface area contributed by atoms with Gasteiger partial charge in [-0.1, -0.05) is 12.1 Å². The molecule has 1 saturated heterocycles. The number of halogens is 2. The molecule has 154 valence electrons. The number of rotatable bonds is 3. The number of hydrogen-bond acceptors (Lipinski definition) is 4. The van der Waals surface area contributed by atoms with E-state index in [0.717, 1.165) is 37.5 Å². The average Bonchev–Trinajstić information content (AvgIpc) is 3.03. The highest BCUT2D eigenvalue weighted by molar-refractivity contribution is 7.89. The minimum atomic E-state index is -3.98. The van der Waals surface area contributed by atoms with E-state index in [-0.39, 0.29) is 24.3 Å². The first-order valence-electron chi connectivity index (χ1n) is 9.32. The molecule has 29 heavy (non-hydrogen) atoms. The van der Waals surface area contributed by atoms with E-state index in [1.54, 1.807) is 12.1 Å². The molecule has 9 heteroatoms. The molecule has 0 radical (unpaired) electrons. The minimum absolute atomic E-state index is 0.0259. The van der Waals surface area contributed by atoms with Crippen LogP contribution in [0.15, 0.2) is 35.2 Å². The number of benzene rings is 2. The SMILES string of the molecule is Cc1cc(S(=O)(=O)N2CCCC(F)(F)C2)ccc1-c1ccc2[nH]nc(N)c2c1C. The first kappa shape index (κ1) is 19.8. The lowest BCUT2D eigenvalue weighted by Gasteiger charge is -2.31. The van der Waals surface area contributed by atoms with Crippen molar-refractivity contribution in [3.05, 3.63) is 41.5 Å². The van der Waals surface area contributed by atoms with Gasteiger partial charge in [-0.05, 0) is 60.7 Å². The van der Waals surface area contributed by atoms with Crippen LogP contribution in [0.1, 0.15) is 24.0 Å². The maximum absolute atomic E-state index is 13.7. The average molecular weight is 420 g/mol. The lowest BCUT2D eigenvalue weighted by Crippen LogP contribution is -2.45. The second-order valence-corrected chi connectivity index (χ2v) is 9.48. The van der Waals surface area contributed by atoms with Crippen LogP contribution in [0.5, 0.6) is 0 Å². The van der Waals surface area contributed by atoms with Crippen molar-refractivity contribution in [3.8, 4) is 11.1 Å². The van der Waals surface area contributed by atoms with Crippen LogP contribution >= 0.6 is 0 Å². The molecule has 3 aromatic rings. The van der Waals surface area contributed by atoms with E-state index in [1.165, 1.54) is 6.07 Å². The van der Waals surface area contributed by atoms with E-state index in [2.05, 4.69) is 10.2 Å².